The van der Waals surface area contributed by atoms with Crippen molar-refractivity contribution in [2.45, 2.75) is 355 Å². The number of aliphatic hydroxyl groups is 1. The molecule has 0 aromatic rings. The molecule has 0 aliphatic heterocycles. The first-order valence-corrected chi connectivity index (χ1v) is 38.0. The molecular weight excluding hydrogens is 1140 g/mol. The van der Waals surface area contributed by atoms with Crippen LogP contribution in [0.15, 0.2) is 0 Å². The Bertz CT molecular complexity index is 1680. The minimum Gasteiger partial charge on any atom is -0.462 e. The number of unbranched alkanes of at least 4 members (excludes halogenated alkanes) is 36. The zero-order valence-electron chi connectivity index (χ0n) is 55.6. The van der Waals surface area contributed by atoms with Crippen molar-refractivity contribution in [3.8, 4) is 0 Å². The molecule has 0 rings (SSSR count). The molecule has 0 fully saturated rings. The molecule has 0 saturated heterocycles. The second-order valence-electron chi connectivity index (χ2n) is 25.2. The van der Waals surface area contributed by atoms with Gasteiger partial charge in [-0.05, 0) is 37.5 Å². The van der Waals surface area contributed by atoms with Gasteiger partial charge in [-0.1, -0.05) is 286 Å². The Labute approximate surface area is 524 Å². The van der Waals surface area contributed by atoms with Crippen molar-refractivity contribution in [1.82, 2.24) is 0 Å². The van der Waals surface area contributed by atoms with Crippen LogP contribution in [-0.4, -0.2) is 96.7 Å². The minimum absolute atomic E-state index is 0.106. The lowest BCUT2D eigenvalue weighted by Crippen LogP contribution is -2.30. The summed E-state index contributed by atoms with van der Waals surface area (Å²) in [5.41, 5.74) is 0. The van der Waals surface area contributed by atoms with Crippen LogP contribution >= 0.6 is 15.6 Å². The molecule has 19 heteroatoms. The summed E-state index contributed by atoms with van der Waals surface area (Å²) in [6.07, 6.45) is 43.5. The number of hydrogen-bond donors (Lipinski definition) is 3. The second kappa shape index (κ2) is 59.4. The average Bonchev–Trinajstić information content (AvgIpc) is 3.66. The van der Waals surface area contributed by atoms with Gasteiger partial charge in [-0.25, -0.2) is 9.13 Å². The van der Waals surface area contributed by atoms with Gasteiger partial charge in [0, 0.05) is 25.7 Å². The summed E-state index contributed by atoms with van der Waals surface area (Å²) in [7, 11) is -9.88. The van der Waals surface area contributed by atoms with Crippen LogP contribution < -0.4 is 0 Å². The van der Waals surface area contributed by atoms with E-state index in [1.807, 2.05) is 0 Å². The van der Waals surface area contributed by atoms with Crippen molar-refractivity contribution in [2.75, 3.05) is 39.6 Å². The lowest BCUT2D eigenvalue weighted by atomic mass is 10.0. The van der Waals surface area contributed by atoms with Crippen LogP contribution in [0.4, 0.5) is 0 Å². The maximum Gasteiger partial charge on any atom is 0.472 e. The fourth-order valence-electron chi connectivity index (χ4n) is 10.1. The van der Waals surface area contributed by atoms with Crippen LogP contribution in [0, 0.1) is 11.8 Å². The van der Waals surface area contributed by atoms with Crippen LogP contribution in [0.5, 0.6) is 0 Å². The van der Waals surface area contributed by atoms with Crippen LogP contribution in [-0.2, 0) is 65.4 Å². The van der Waals surface area contributed by atoms with Gasteiger partial charge in [-0.3, -0.25) is 37.3 Å². The number of carbonyl (C=O) groups is 4. The predicted octanol–water partition coefficient (Wildman–Crippen LogP) is 18.8. The summed E-state index contributed by atoms with van der Waals surface area (Å²) in [5.74, 6) is -0.605. The standard InChI is InChI=1S/C67H130O17P2/c1-7-9-11-13-14-15-22-26-33-39-45-51-66(71)83-62(55-77-64(69)49-43-35-12-10-8-2)57-81-85(73,74)79-53-61(68)54-80-86(75,76)82-58-63(56-78-65(70)50-44-38-32-29-28-31-37-42-48-60(5)6)84-67(72)52-46-40-34-27-24-21-19-17-16-18-20-23-25-30-36-41-47-59(3)4/h59-63,68H,7-58H2,1-6H3,(H,73,74)(H,75,76)/t61-,62+,63+/m0/s1. The second-order valence-corrected chi connectivity index (χ2v) is 28.1. The number of carbonyl (C=O) groups excluding carboxylic acids is 4. The summed E-state index contributed by atoms with van der Waals surface area (Å²) in [5, 5.41) is 10.5. The van der Waals surface area contributed by atoms with E-state index in [9.17, 15) is 43.2 Å². The molecule has 86 heavy (non-hydrogen) atoms. The molecule has 0 amide bonds. The summed E-state index contributed by atoms with van der Waals surface area (Å²) in [6.45, 7) is 9.43. The summed E-state index contributed by atoms with van der Waals surface area (Å²) >= 11 is 0. The predicted molar refractivity (Wildman–Crippen MR) is 345 cm³/mol. The molecule has 0 aromatic heterocycles. The van der Waals surface area contributed by atoms with Gasteiger partial charge < -0.3 is 33.8 Å². The summed E-state index contributed by atoms with van der Waals surface area (Å²) < 4.78 is 67.9. The Morgan fingerprint density at radius 3 is 0.791 bits per heavy atom. The highest BCUT2D eigenvalue weighted by molar-refractivity contribution is 7.47. The highest BCUT2D eigenvalue weighted by Crippen LogP contribution is 2.45. The minimum atomic E-state index is -4.95. The maximum atomic E-state index is 13.0. The van der Waals surface area contributed by atoms with E-state index >= 15 is 0 Å². The molecular formula is C67H130O17P2. The average molecular weight is 1270 g/mol. The first kappa shape index (κ1) is 84.1. The Hall–Kier alpha value is -1.94. The van der Waals surface area contributed by atoms with Crippen molar-refractivity contribution in [2.24, 2.45) is 11.8 Å². The molecule has 5 atom stereocenters. The van der Waals surface area contributed by atoms with Gasteiger partial charge >= 0.3 is 39.5 Å². The van der Waals surface area contributed by atoms with Crippen molar-refractivity contribution >= 4 is 39.5 Å². The smallest absolute Gasteiger partial charge is 0.462 e. The highest BCUT2D eigenvalue weighted by Gasteiger charge is 2.30. The van der Waals surface area contributed by atoms with Gasteiger partial charge in [0.15, 0.2) is 12.2 Å². The highest BCUT2D eigenvalue weighted by atomic mass is 31.2. The Kier molecular flexibility index (Phi) is 58.0. The topological polar surface area (TPSA) is 237 Å². The largest absolute Gasteiger partial charge is 0.472 e. The SMILES string of the molecule is CCCCCCCCCCCCCC(=O)O[C@H](COC(=O)CCCCCCC)COP(=O)(O)OC[C@H](O)COP(=O)(O)OC[C@@H](COC(=O)CCCCCCCCCCC(C)C)OC(=O)CCCCCCCCCCCCCCCCCCC(C)C. The summed E-state index contributed by atoms with van der Waals surface area (Å²) in [6, 6.07) is 0. The third-order valence-corrected chi connectivity index (χ3v) is 17.4. The third-order valence-electron chi connectivity index (χ3n) is 15.5. The Balaban J connectivity index is 5.13. The van der Waals surface area contributed by atoms with Gasteiger partial charge in [0.2, 0.25) is 0 Å². The summed E-state index contributed by atoms with van der Waals surface area (Å²) in [4.78, 5) is 72.1. The normalized spacial score (nSPS) is 14.2. The van der Waals surface area contributed by atoms with E-state index < -0.39 is 97.5 Å². The fraction of sp³-hybridized carbons (Fsp3) is 0.940. The van der Waals surface area contributed by atoms with E-state index in [-0.39, 0.29) is 25.7 Å². The van der Waals surface area contributed by atoms with E-state index in [1.54, 1.807) is 0 Å². The number of phosphoric ester groups is 2. The molecule has 0 aromatic carbocycles. The van der Waals surface area contributed by atoms with E-state index in [2.05, 4.69) is 41.5 Å². The van der Waals surface area contributed by atoms with Gasteiger partial charge in [0.1, 0.15) is 19.3 Å². The first-order valence-electron chi connectivity index (χ1n) is 35.0. The molecule has 3 N–H and O–H groups in total. The number of hydrogen-bond acceptors (Lipinski definition) is 15. The van der Waals surface area contributed by atoms with Crippen molar-refractivity contribution in [3.63, 3.8) is 0 Å². The van der Waals surface area contributed by atoms with E-state index in [1.165, 1.54) is 148 Å². The molecule has 0 spiro atoms. The molecule has 510 valence electrons. The third kappa shape index (κ3) is 60.9. The van der Waals surface area contributed by atoms with Gasteiger partial charge in [-0.2, -0.15) is 0 Å². The first-order chi connectivity index (χ1) is 41.4. The lowest BCUT2D eigenvalue weighted by Gasteiger charge is -2.21. The Morgan fingerprint density at radius 1 is 0.314 bits per heavy atom. The quantitative estimate of drug-likeness (QED) is 0.0222. The zero-order valence-corrected chi connectivity index (χ0v) is 57.4. The van der Waals surface area contributed by atoms with Gasteiger partial charge in [0.25, 0.3) is 0 Å². The van der Waals surface area contributed by atoms with Crippen molar-refractivity contribution in [1.29, 1.82) is 0 Å². The molecule has 0 radical (unpaired) electrons. The van der Waals surface area contributed by atoms with Gasteiger partial charge in [-0.15, -0.1) is 0 Å². The number of aliphatic hydroxyl groups excluding tert-OH is 1. The molecule has 0 saturated carbocycles. The molecule has 17 nitrogen and oxygen atoms in total. The number of ether oxygens (including phenoxy) is 4. The van der Waals surface area contributed by atoms with E-state index in [0.29, 0.717) is 25.7 Å². The Morgan fingerprint density at radius 2 is 0.535 bits per heavy atom. The molecule has 0 aliphatic carbocycles. The molecule has 0 heterocycles. The zero-order chi connectivity index (χ0) is 63.6. The van der Waals surface area contributed by atoms with Crippen LogP contribution in [0.2, 0.25) is 0 Å². The van der Waals surface area contributed by atoms with Crippen LogP contribution in [0.1, 0.15) is 337 Å². The number of rotatable bonds is 66. The number of esters is 4. The molecule has 0 bridgehead atoms. The monoisotopic (exact) mass is 1270 g/mol. The maximum absolute atomic E-state index is 13.0. The van der Waals surface area contributed by atoms with E-state index in [0.717, 1.165) is 108 Å². The molecule has 0 aliphatic rings. The lowest BCUT2D eigenvalue weighted by molar-refractivity contribution is -0.161. The van der Waals surface area contributed by atoms with Crippen molar-refractivity contribution in [3.05, 3.63) is 0 Å². The van der Waals surface area contributed by atoms with E-state index in [4.69, 9.17) is 37.0 Å². The van der Waals surface area contributed by atoms with Crippen LogP contribution in [0.3, 0.4) is 0 Å². The van der Waals surface area contributed by atoms with Crippen LogP contribution in [0.25, 0.3) is 0 Å². The number of phosphoric acid groups is 2. The fourth-order valence-corrected chi connectivity index (χ4v) is 11.6. The molecule has 2 unspecified atom stereocenters. The van der Waals surface area contributed by atoms with Crippen molar-refractivity contribution < 1.29 is 80.2 Å². The van der Waals surface area contributed by atoms with Gasteiger partial charge in [0.05, 0.1) is 26.4 Å².